The van der Waals surface area contributed by atoms with E-state index in [1.54, 1.807) is 25.3 Å². The molecule has 6 heteroatoms. The summed E-state index contributed by atoms with van der Waals surface area (Å²) in [6, 6.07) is 5.61. The van der Waals surface area contributed by atoms with E-state index in [2.05, 4.69) is 9.72 Å². The van der Waals surface area contributed by atoms with Crippen molar-refractivity contribution in [3.63, 3.8) is 0 Å². The fourth-order valence-electron chi connectivity index (χ4n) is 1.47. The van der Waals surface area contributed by atoms with Crippen LogP contribution in [0.3, 0.4) is 0 Å². The Labute approximate surface area is 101 Å². The topological polar surface area (TPSA) is 35.3 Å². The van der Waals surface area contributed by atoms with Gasteiger partial charge in [0, 0.05) is 6.42 Å². The van der Waals surface area contributed by atoms with Crippen molar-refractivity contribution in [3.8, 4) is 5.75 Å². The zero-order valence-corrected chi connectivity index (χ0v) is 9.49. The monoisotopic (exact) mass is 257 g/mol. The molecule has 1 aromatic carbocycles. The summed E-state index contributed by atoms with van der Waals surface area (Å²) in [7, 11) is 0. The third-order valence-corrected chi connectivity index (χ3v) is 2.18. The average molecular weight is 257 g/mol. The number of aryl methyl sites for hydroxylation is 1. The highest BCUT2D eigenvalue weighted by Gasteiger charge is 2.30. The molecule has 0 amide bonds. The molecule has 96 valence electrons. The minimum atomic E-state index is -4.67. The van der Waals surface area contributed by atoms with Crippen LogP contribution < -0.4 is 4.74 Å². The van der Waals surface area contributed by atoms with E-state index in [1.165, 1.54) is 12.1 Å². The van der Waals surface area contributed by atoms with Crippen LogP contribution in [0.1, 0.15) is 17.2 Å². The summed E-state index contributed by atoms with van der Waals surface area (Å²) < 4.78 is 44.9. The molecule has 18 heavy (non-hydrogen) atoms. The number of hydrogen-bond acceptors (Lipinski definition) is 3. The van der Waals surface area contributed by atoms with Gasteiger partial charge in [-0.25, -0.2) is 4.98 Å². The molecule has 2 aromatic rings. The van der Waals surface area contributed by atoms with Crippen molar-refractivity contribution in [1.29, 1.82) is 0 Å². The van der Waals surface area contributed by atoms with Gasteiger partial charge in [0.1, 0.15) is 11.5 Å². The van der Waals surface area contributed by atoms with Gasteiger partial charge >= 0.3 is 6.36 Å². The van der Waals surface area contributed by atoms with Gasteiger partial charge in [0.25, 0.3) is 0 Å². The quantitative estimate of drug-likeness (QED) is 0.844. The molecule has 0 aliphatic rings. The predicted molar refractivity (Wildman–Crippen MR) is 57.2 cm³/mol. The van der Waals surface area contributed by atoms with Gasteiger partial charge in [-0.05, 0) is 24.6 Å². The molecule has 0 fully saturated rings. The van der Waals surface area contributed by atoms with E-state index in [-0.39, 0.29) is 5.75 Å². The number of benzene rings is 1. The van der Waals surface area contributed by atoms with Crippen molar-refractivity contribution < 1.29 is 22.3 Å². The molecule has 0 N–H and O–H groups in total. The SMILES string of the molecule is Cc1cnc(Cc2ccc(OC(F)(F)F)cc2)o1. The Bertz CT molecular complexity index is 517. The first-order valence-electron chi connectivity index (χ1n) is 5.18. The zero-order chi connectivity index (χ0) is 13.2. The number of nitrogens with zero attached hydrogens (tertiary/aromatic N) is 1. The summed E-state index contributed by atoms with van der Waals surface area (Å²) in [6.45, 7) is 1.77. The second kappa shape index (κ2) is 4.72. The van der Waals surface area contributed by atoms with Crippen molar-refractivity contribution in [3.05, 3.63) is 47.7 Å². The minimum Gasteiger partial charge on any atom is -0.446 e. The molecular formula is C12H10F3NO2. The number of hydrogen-bond donors (Lipinski definition) is 0. The summed E-state index contributed by atoms with van der Waals surface area (Å²) >= 11 is 0. The fraction of sp³-hybridized carbons (Fsp3) is 0.250. The summed E-state index contributed by atoms with van der Waals surface area (Å²) in [4.78, 5) is 4.01. The standard InChI is InChI=1S/C12H10F3NO2/c1-8-7-16-11(17-8)6-9-2-4-10(5-3-9)18-12(13,14)15/h2-5,7H,6H2,1H3. The van der Waals surface area contributed by atoms with Crippen LogP contribution >= 0.6 is 0 Å². The van der Waals surface area contributed by atoms with E-state index in [0.29, 0.717) is 18.1 Å². The van der Waals surface area contributed by atoms with Gasteiger partial charge in [-0.15, -0.1) is 13.2 Å². The highest BCUT2D eigenvalue weighted by Crippen LogP contribution is 2.23. The Morgan fingerprint density at radius 3 is 2.39 bits per heavy atom. The van der Waals surface area contributed by atoms with Crippen molar-refractivity contribution in [2.45, 2.75) is 19.7 Å². The Morgan fingerprint density at radius 1 is 1.22 bits per heavy atom. The van der Waals surface area contributed by atoms with Crippen molar-refractivity contribution in [2.75, 3.05) is 0 Å². The van der Waals surface area contributed by atoms with Crippen LogP contribution in [-0.2, 0) is 6.42 Å². The molecule has 0 saturated heterocycles. The lowest BCUT2D eigenvalue weighted by atomic mass is 10.1. The molecule has 0 radical (unpaired) electrons. The van der Waals surface area contributed by atoms with Crippen LogP contribution in [-0.4, -0.2) is 11.3 Å². The number of oxazole rings is 1. The van der Waals surface area contributed by atoms with E-state index < -0.39 is 6.36 Å². The van der Waals surface area contributed by atoms with E-state index in [1.807, 2.05) is 0 Å². The van der Waals surface area contributed by atoms with Crippen LogP contribution in [0.15, 0.2) is 34.9 Å². The van der Waals surface area contributed by atoms with Crippen LogP contribution in [0.5, 0.6) is 5.75 Å². The van der Waals surface area contributed by atoms with Crippen LogP contribution in [0, 0.1) is 6.92 Å². The van der Waals surface area contributed by atoms with Gasteiger partial charge in [-0.2, -0.15) is 0 Å². The Kier molecular flexibility index (Phi) is 3.27. The van der Waals surface area contributed by atoms with E-state index >= 15 is 0 Å². The van der Waals surface area contributed by atoms with Gasteiger partial charge in [-0.1, -0.05) is 12.1 Å². The lowest BCUT2D eigenvalue weighted by molar-refractivity contribution is -0.274. The molecule has 0 spiro atoms. The molecule has 0 saturated carbocycles. The molecule has 2 rings (SSSR count). The largest absolute Gasteiger partial charge is 0.573 e. The molecule has 0 bridgehead atoms. The van der Waals surface area contributed by atoms with Crippen molar-refractivity contribution in [2.24, 2.45) is 0 Å². The maximum Gasteiger partial charge on any atom is 0.573 e. The third kappa shape index (κ3) is 3.51. The first-order chi connectivity index (χ1) is 8.42. The number of aromatic nitrogens is 1. The molecule has 1 heterocycles. The van der Waals surface area contributed by atoms with Crippen LogP contribution in [0.2, 0.25) is 0 Å². The number of rotatable bonds is 3. The van der Waals surface area contributed by atoms with E-state index in [9.17, 15) is 13.2 Å². The minimum absolute atomic E-state index is 0.241. The van der Waals surface area contributed by atoms with Crippen molar-refractivity contribution in [1.82, 2.24) is 4.98 Å². The Hall–Kier alpha value is -1.98. The molecule has 3 nitrogen and oxygen atoms in total. The van der Waals surface area contributed by atoms with E-state index in [0.717, 1.165) is 5.56 Å². The summed E-state index contributed by atoms with van der Waals surface area (Å²) in [6.07, 6.45) is -2.64. The summed E-state index contributed by atoms with van der Waals surface area (Å²) in [5.41, 5.74) is 0.798. The first kappa shape index (κ1) is 12.5. The first-order valence-corrected chi connectivity index (χ1v) is 5.18. The predicted octanol–water partition coefficient (Wildman–Crippen LogP) is 3.47. The summed E-state index contributed by atoms with van der Waals surface area (Å²) in [5.74, 6) is 0.980. The molecule has 1 aromatic heterocycles. The van der Waals surface area contributed by atoms with Gasteiger partial charge < -0.3 is 9.15 Å². The lowest BCUT2D eigenvalue weighted by Gasteiger charge is -2.08. The summed E-state index contributed by atoms with van der Waals surface area (Å²) in [5, 5.41) is 0. The second-order valence-corrected chi connectivity index (χ2v) is 3.73. The van der Waals surface area contributed by atoms with Crippen LogP contribution in [0.25, 0.3) is 0 Å². The molecule has 0 aliphatic heterocycles. The van der Waals surface area contributed by atoms with Gasteiger partial charge in [0.05, 0.1) is 6.20 Å². The highest BCUT2D eigenvalue weighted by atomic mass is 19.4. The number of alkyl halides is 3. The smallest absolute Gasteiger partial charge is 0.446 e. The highest BCUT2D eigenvalue weighted by molar-refractivity contribution is 5.28. The molecule has 0 unspecified atom stereocenters. The zero-order valence-electron chi connectivity index (χ0n) is 9.49. The normalized spacial score (nSPS) is 11.6. The second-order valence-electron chi connectivity index (χ2n) is 3.73. The van der Waals surface area contributed by atoms with Gasteiger partial charge in [0.2, 0.25) is 0 Å². The van der Waals surface area contributed by atoms with Crippen molar-refractivity contribution >= 4 is 0 Å². The van der Waals surface area contributed by atoms with Gasteiger partial charge in [-0.3, -0.25) is 0 Å². The van der Waals surface area contributed by atoms with Gasteiger partial charge in [0.15, 0.2) is 5.89 Å². The Balaban J connectivity index is 2.04. The Morgan fingerprint density at radius 2 is 1.89 bits per heavy atom. The molecule has 0 atom stereocenters. The number of ether oxygens (including phenoxy) is 1. The maximum atomic E-state index is 11.9. The van der Waals surface area contributed by atoms with E-state index in [4.69, 9.17) is 4.42 Å². The molecular weight excluding hydrogens is 247 g/mol. The lowest BCUT2D eigenvalue weighted by Crippen LogP contribution is -2.17. The fourth-order valence-corrected chi connectivity index (χ4v) is 1.47. The van der Waals surface area contributed by atoms with Crippen LogP contribution in [0.4, 0.5) is 13.2 Å². The maximum absolute atomic E-state index is 11.9. The molecule has 0 aliphatic carbocycles. The number of halogens is 3. The third-order valence-electron chi connectivity index (χ3n) is 2.18. The average Bonchev–Trinajstić information content (AvgIpc) is 2.65.